The number of hydrogen-bond acceptors (Lipinski definition) is 3. The minimum absolute atomic E-state index is 0. The number of rotatable bonds is 2. The van der Waals surface area contributed by atoms with E-state index in [2.05, 4.69) is 0 Å². The van der Waals surface area contributed by atoms with Crippen LogP contribution in [0.1, 0.15) is 18.5 Å². The van der Waals surface area contributed by atoms with Crippen molar-refractivity contribution in [2.75, 3.05) is 0 Å². The van der Waals surface area contributed by atoms with Gasteiger partial charge in [-0.2, -0.15) is 0 Å². The Hall–Kier alpha value is -0.770. The summed E-state index contributed by atoms with van der Waals surface area (Å²) in [5, 5.41) is 18.5. The number of phenolic OH excluding ortho intramolecular Hbond substituents is 1. The number of halogens is 1. The van der Waals surface area contributed by atoms with Crippen molar-refractivity contribution in [3.05, 3.63) is 29.8 Å². The number of hydrogen-bond donors (Lipinski definition) is 3. The Balaban J connectivity index is 0.00000144. The molecule has 1 aromatic rings. The van der Waals surface area contributed by atoms with Gasteiger partial charge in [0.2, 0.25) is 0 Å². The first-order chi connectivity index (χ1) is 5.63. The van der Waals surface area contributed by atoms with Crippen molar-refractivity contribution in [1.82, 2.24) is 0 Å². The summed E-state index contributed by atoms with van der Waals surface area (Å²) in [6.07, 6.45) is -0.654. The average molecular weight is 204 g/mol. The van der Waals surface area contributed by atoms with Crippen LogP contribution in [0.2, 0.25) is 0 Å². The molecule has 1 rings (SSSR count). The standard InChI is InChI=1S/C9H13NO2.ClH/c1-6(11)9(10)7-4-2-3-5-8(7)12;/h2-6,9,11-12H,10H2,1H3;1H. The van der Waals surface area contributed by atoms with Crippen LogP contribution in [0.5, 0.6) is 5.75 Å². The lowest BCUT2D eigenvalue weighted by atomic mass is 10.0. The monoisotopic (exact) mass is 203 g/mol. The molecule has 13 heavy (non-hydrogen) atoms. The minimum Gasteiger partial charge on any atom is -0.508 e. The van der Waals surface area contributed by atoms with Gasteiger partial charge in [-0.1, -0.05) is 18.2 Å². The third-order valence-electron chi connectivity index (χ3n) is 1.82. The molecule has 0 aliphatic carbocycles. The highest BCUT2D eigenvalue weighted by molar-refractivity contribution is 5.85. The summed E-state index contributed by atoms with van der Waals surface area (Å²) in [4.78, 5) is 0. The van der Waals surface area contributed by atoms with Gasteiger partial charge in [-0.3, -0.25) is 0 Å². The molecule has 0 aliphatic heterocycles. The van der Waals surface area contributed by atoms with Crippen LogP contribution in [0.15, 0.2) is 24.3 Å². The number of nitrogens with two attached hydrogens (primary N) is 1. The van der Waals surface area contributed by atoms with E-state index in [1.54, 1.807) is 31.2 Å². The molecule has 0 spiro atoms. The van der Waals surface area contributed by atoms with Gasteiger partial charge in [0, 0.05) is 5.56 Å². The van der Waals surface area contributed by atoms with E-state index < -0.39 is 12.1 Å². The van der Waals surface area contributed by atoms with Crippen LogP contribution in [-0.2, 0) is 0 Å². The summed E-state index contributed by atoms with van der Waals surface area (Å²) in [7, 11) is 0. The lowest BCUT2D eigenvalue weighted by Gasteiger charge is -2.15. The van der Waals surface area contributed by atoms with Crippen molar-refractivity contribution in [3.8, 4) is 5.75 Å². The highest BCUT2D eigenvalue weighted by atomic mass is 35.5. The van der Waals surface area contributed by atoms with E-state index in [4.69, 9.17) is 10.8 Å². The second-order valence-electron chi connectivity index (χ2n) is 2.83. The van der Waals surface area contributed by atoms with E-state index in [9.17, 15) is 5.11 Å². The van der Waals surface area contributed by atoms with Crippen molar-refractivity contribution < 1.29 is 10.2 Å². The van der Waals surface area contributed by atoms with Crippen molar-refractivity contribution in [1.29, 1.82) is 0 Å². The predicted molar refractivity (Wildman–Crippen MR) is 54.0 cm³/mol. The summed E-state index contributed by atoms with van der Waals surface area (Å²) in [6, 6.07) is 6.22. The molecule has 0 saturated heterocycles. The zero-order valence-electron chi connectivity index (χ0n) is 7.34. The van der Waals surface area contributed by atoms with Gasteiger partial charge in [0.25, 0.3) is 0 Å². The molecule has 2 atom stereocenters. The van der Waals surface area contributed by atoms with E-state index >= 15 is 0 Å². The summed E-state index contributed by atoms with van der Waals surface area (Å²) in [6.45, 7) is 1.59. The first-order valence-corrected chi connectivity index (χ1v) is 3.84. The quantitative estimate of drug-likeness (QED) is 0.677. The zero-order chi connectivity index (χ0) is 9.14. The Bertz CT molecular complexity index is 266. The lowest BCUT2D eigenvalue weighted by molar-refractivity contribution is 0.163. The second kappa shape index (κ2) is 5.07. The Kier molecular flexibility index (Phi) is 4.77. The van der Waals surface area contributed by atoms with E-state index in [1.807, 2.05) is 0 Å². The van der Waals surface area contributed by atoms with E-state index in [1.165, 1.54) is 0 Å². The molecular formula is C9H14ClNO2. The Morgan fingerprint density at radius 3 is 2.31 bits per heavy atom. The van der Waals surface area contributed by atoms with Crippen LogP contribution in [0, 0.1) is 0 Å². The molecular weight excluding hydrogens is 190 g/mol. The molecule has 3 nitrogen and oxygen atoms in total. The highest BCUT2D eigenvalue weighted by Gasteiger charge is 2.14. The summed E-state index contributed by atoms with van der Waals surface area (Å²) in [5.74, 6) is 0.130. The molecule has 4 heteroatoms. The van der Waals surface area contributed by atoms with Gasteiger partial charge in [-0.05, 0) is 13.0 Å². The minimum atomic E-state index is -0.654. The van der Waals surface area contributed by atoms with E-state index in [0.717, 1.165) is 0 Å². The Labute approximate surface area is 83.6 Å². The van der Waals surface area contributed by atoms with Crippen molar-refractivity contribution in [2.24, 2.45) is 5.73 Å². The molecule has 4 N–H and O–H groups in total. The molecule has 0 bridgehead atoms. The summed E-state index contributed by atoms with van der Waals surface area (Å²) in [5.41, 5.74) is 6.20. The fraction of sp³-hybridized carbons (Fsp3) is 0.333. The number of aliphatic hydroxyl groups is 1. The van der Waals surface area contributed by atoms with Gasteiger partial charge in [-0.25, -0.2) is 0 Å². The second-order valence-corrected chi connectivity index (χ2v) is 2.83. The number of benzene rings is 1. The van der Waals surface area contributed by atoms with Crippen LogP contribution >= 0.6 is 12.4 Å². The maximum atomic E-state index is 9.34. The molecule has 0 radical (unpaired) electrons. The first-order valence-electron chi connectivity index (χ1n) is 3.84. The largest absolute Gasteiger partial charge is 0.508 e. The number of aromatic hydroxyl groups is 1. The predicted octanol–water partition coefficient (Wildman–Crippen LogP) is 1.19. The van der Waals surface area contributed by atoms with Gasteiger partial charge >= 0.3 is 0 Å². The van der Waals surface area contributed by atoms with Gasteiger partial charge < -0.3 is 15.9 Å². The first kappa shape index (κ1) is 12.2. The van der Waals surface area contributed by atoms with Crippen molar-refractivity contribution in [2.45, 2.75) is 19.1 Å². The number of para-hydroxylation sites is 1. The fourth-order valence-electron chi connectivity index (χ4n) is 1.03. The molecule has 0 amide bonds. The molecule has 1 aromatic carbocycles. The normalized spacial score (nSPS) is 14.4. The summed E-state index contributed by atoms with van der Waals surface area (Å²) >= 11 is 0. The maximum absolute atomic E-state index is 9.34. The third-order valence-corrected chi connectivity index (χ3v) is 1.82. The molecule has 0 fully saturated rings. The zero-order valence-corrected chi connectivity index (χ0v) is 8.16. The van der Waals surface area contributed by atoms with Crippen LogP contribution in [0.3, 0.4) is 0 Å². The fourth-order valence-corrected chi connectivity index (χ4v) is 1.03. The van der Waals surface area contributed by atoms with Gasteiger partial charge in [0.05, 0.1) is 12.1 Å². The Morgan fingerprint density at radius 2 is 1.85 bits per heavy atom. The van der Waals surface area contributed by atoms with E-state index in [-0.39, 0.29) is 18.2 Å². The number of phenols is 1. The van der Waals surface area contributed by atoms with Gasteiger partial charge in [0.15, 0.2) is 0 Å². The molecule has 0 aliphatic rings. The highest BCUT2D eigenvalue weighted by Crippen LogP contribution is 2.23. The smallest absolute Gasteiger partial charge is 0.120 e. The van der Waals surface area contributed by atoms with Crippen LogP contribution in [-0.4, -0.2) is 16.3 Å². The van der Waals surface area contributed by atoms with Crippen LogP contribution in [0.4, 0.5) is 0 Å². The third kappa shape index (κ3) is 2.88. The van der Waals surface area contributed by atoms with E-state index in [0.29, 0.717) is 5.56 Å². The van der Waals surface area contributed by atoms with Crippen molar-refractivity contribution in [3.63, 3.8) is 0 Å². The topological polar surface area (TPSA) is 66.5 Å². The summed E-state index contributed by atoms with van der Waals surface area (Å²) < 4.78 is 0. The number of aliphatic hydroxyl groups excluding tert-OH is 1. The molecule has 2 unspecified atom stereocenters. The maximum Gasteiger partial charge on any atom is 0.120 e. The average Bonchev–Trinajstić information content (AvgIpc) is 2.04. The van der Waals surface area contributed by atoms with Gasteiger partial charge in [0.1, 0.15) is 5.75 Å². The SMILES string of the molecule is CC(O)C(N)c1ccccc1O.Cl. The van der Waals surface area contributed by atoms with Crippen LogP contribution in [0.25, 0.3) is 0 Å². The molecule has 0 aromatic heterocycles. The lowest BCUT2D eigenvalue weighted by Crippen LogP contribution is -2.23. The molecule has 74 valence electrons. The van der Waals surface area contributed by atoms with Crippen molar-refractivity contribution >= 4 is 12.4 Å². The molecule has 0 saturated carbocycles. The Morgan fingerprint density at radius 1 is 1.31 bits per heavy atom. The van der Waals surface area contributed by atoms with Crippen LogP contribution < -0.4 is 5.73 Å². The van der Waals surface area contributed by atoms with Gasteiger partial charge in [-0.15, -0.1) is 12.4 Å². The molecule has 0 heterocycles.